The van der Waals surface area contributed by atoms with E-state index in [1.807, 2.05) is 29.2 Å². The Morgan fingerprint density at radius 3 is 2.11 bits per heavy atom. The molecule has 6 rings (SSSR count). The lowest BCUT2D eigenvalue weighted by molar-refractivity contribution is -0.0592. The lowest BCUT2D eigenvalue weighted by atomic mass is 9.84. The molecule has 2 atom stereocenters. The average molecular weight is 488 g/mol. The van der Waals surface area contributed by atoms with Gasteiger partial charge < -0.3 is 19.5 Å². The molecule has 3 aromatic rings. The van der Waals surface area contributed by atoms with Crippen molar-refractivity contribution in [3.63, 3.8) is 0 Å². The second-order valence-corrected chi connectivity index (χ2v) is 10.3. The summed E-state index contributed by atoms with van der Waals surface area (Å²) in [6.07, 6.45) is 2.96. The molecule has 186 valence electrons. The summed E-state index contributed by atoms with van der Waals surface area (Å²) in [7, 11) is 0. The number of rotatable bonds is 6. The Bertz CT molecular complexity index is 1200. The van der Waals surface area contributed by atoms with Crippen LogP contribution in [0.25, 0.3) is 11.1 Å². The number of fused-ring (bicyclic) bond motifs is 5. The van der Waals surface area contributed by atoms with Crippen molar-refractivity contribution in [1.29, 1.82) is 0 Å². The van der Waals surface area contributed by atoms with Crippen molar-refractivity contribution in [1.82, 2.24) is 4.90 Å². The van der Waals surface area contributed by atoms with E-state index in [0.29, 0.717) is 38.2 Å². The maximum Gasteiger partial charge on any atom is 0.410 e. The van der Waals surface area contributed by atoms with Crippen LogP contribution in [-0.2, 0) is 4.74 Å². The molecule has 1 amide bonds. The number of nitrogens with zero attached hydrogens (tertiary/aromatic N) is 1. The number of hydrogen-bond acceptors (Lipinski definition) is 4. The van der Waals surface area contributed by atoms with E-state index in [1.165, 1.54) is 34.4 Å². The molecule has 36 heavy (non-hydrogen) atoms. The number of amides is 1. The van der Waals surface area contributed by atoms with E-state index in [-0.39, 0.29) is 29.9 Å². The van der Waals surface area contributed by atoms with E-state index in [4.69, 9.17) is 9.47 Å². The van der Waals surface area contributed by atoms with Crippen molar-refractivity contribution < 1.29 is 23.8 Å². The van der Waals surface area contributed by atoms with Gasteiger partial charge in [-0.15, -0.1) is 0 Å². The van der Waals surface area contributed by atoms with Crippen molar-refractivity contribution >= 4 is 6.09 Å². The summed E-state index contributed by atoms with van der Waals surface area (Å²) in [6.45, 7) is 0.644. The van der Waals surface area contributed by atoms with Gasteiger partial charge in [0.2, 0.25) is 0 Å². The molecule has 1 aliphatic carbocycles. The fourth-order valence-electron chi connectivity index (χ4n) is 6.38. The maximum atomic E-state index is 13.2. The molecule has 2 heterocycles. The van der Waals surface area contributed by atoms with Crippen LogP contribution in [0.5, 0.6) is 5.75 Å². The molecule has 0 saturated carbocycles. The standard InChI is InChI=1S/C30H30FNO4/c31-20-9-13-23(14-10-20)35-16-15-30(34)17-21-11-12-22(18-30)32(21)29(33)36-19-28-26-7-3-1-5-24(26)25-6-2-4-8-27(25)28/h1-10,13-14,21-22,28,34H,11-12,15-19H2. The van der Waals surface area contributed by atoms with Crippen LogP contribution < -0.4 is 4.74 Å². The van der Waals surface area contributed by atoms with Crippen LogP contribution in [-0.4, -0.2) is 47.0 Å². The van der Waals surface area contributed by atoms with Crippen LogP contribution in [0.2, 0.25) is 0 Å². The van der Waals surface area contributed by atoms with Gasteiger partial charge in [0, 0.05) is 24.4 Å². The molecule has 2 saturated heterocycles. The summed E-state index contributed by atoms with van der Waals surface area (Å²) in [6, 6.07) is 22.5. The summed E-state index contributed by atoms with van der Waals surface area (Å²) in [4.78, 5) is 15.1. The van der Waals surface area contributed by atoms with Crippen molar-refractivity contribution in [2.24, 2.45) is 0 Å². The third-order valence-electron chi connectivity index (χ3n) is 8.05. The predicted octanol–water partition coefficient (Wildman–Crippen LogP) is 5.90. The van der Waals surface area contributed by atoms with Crippen LogP contribution >= 0.6 is 0 Å². The van der Waals surface area contributed by atoms with E-state index >= 15 is 0 Å². The molecule has 5 nitrogen and oxygen atoms in total. The van der Waals surface area contributed by atoms with Crippen molar-refractivity contribution in [3.05, 3.63) is 89.7 Å². The number of carbonyl (C=O) groups is 1. The van der Waals surface area contributed by atoms with Gasteiger partial charge in [0.25, 0.3) is 0 Å². The average Bonchev–Trinajstić information content (AvgIpc) is 3.36. The first kappa shape index (κ1) is 23.0. The number of carbonyl (C=O) groups excluding carboxylic acids is 1. The first-order chi connectivity index (χ1) is 17.5. The minimum atomic E-state index is -0.883. The molecule has 1 N–H and O–H groups in total. The van der Waals surface area contributed by atoms with Crippen LogP contribution in [0.4, 0.5) is 9.18 Å². The van der Waals surface area contributed by atoms with E-state index in [1.54, 1.807) is 12.1 Å². The summed E-state index contributed by atoms with van der Waals surface area (Å²) >= 11 is 0. The van der Waals surface area contributed by atoms with Crippen LogP contribution in [0.3, 0.4) is 0 Å². The zero-order valence-electron chi connectivity index (χ0n) is 20.1. The molecule has 0 spiro atoms. The largest absolute Gasteiger partial charge is 0.493 e. The zero-order chi connectivity index (χ0) is 24.7. The summed E-state index contributed by atoms with van der Waals surface area (Å²) < 4.78 is 24.7. The highest BCUT2D eigenvalue weighted by Gasteiger charge is 2.50. The van der Waals surface area contributed by atoms with E-state index in [2.05, 4.69) is 24.3 Å². The number of benzene rings is 3. The Balaban J connectivity index is 1.07. The molecule has 2 unspecified atom stereocenters. The van der Waals surface area contributed by atoms with Crippen molar-refractivity contribution in [2.75, 3.05) is 13.2 Å². The Labute approximate surface area is 210 Å². The second-order valence-electron chi connectivity index (χ2n) is 10.3. The van der Waals surface area contributed by atoms with Gasteiger partial charge in [-0.25, -0.2) is 9.18 Å². The first-order valence-electron chi connectivity index (χ1n) is 12.7. The SMILES string of the molecule is O=C(OCC1c2ccccc2-c2ccccc21)N1C2CCC1CC(O)(CCOc1ccc(F)cc1)C2. The molecule has 3 aromatic carbocycles. The number of aliphatic hydroxyl groups is 1. The molecule has 2 fully saturated rings. The zero-order valence-corrected chi connectivity index (χ0v) is 20.1. The monoisotopic (exact) mass is 487 g/mol. The molecule has 0 aromatic heterocycles. The van der Waals surface area contributed by atoms with Crippen molar-refractivity contribution in [2.45, 2.75) is 55.7 Å². The molecular weight excluding hydrogens is 457 g/mol. The minimum Gasteiger partial charge on any atom is -0.493 e. The molecule has 2 bridgehead atoms. The smallest absolute Gasteiger partial charge is 0.410 e. The highest BCUT2D eigenvalue weighted by molar-refractivity contribution is 5.79. The molecule has 6 heteroatoms. The molecule has 2 aliphatic heterocycles. The lowest BCUT2D eigenvalue weighted by Crippen LogP contribution is -2.53. The first-order valence-corrected chi connectivity index (χ1v) is 12.7. The highest BCUT2D eigenvalue weighted by Crippen LogP contribution is 2.46. The van der Waals surface area contributed by atoms with Gasteiger partial charge in [-0.3, -0.25) is 0 Å². The van der Waals surface area contributed by atoms with Crippen molar-refractivity contribution in [3.8, 4) is 16.9 Å². The van der Waals surface area contributed by atoms with E-state index in [0.717, 1.165) is 12.8 Å². The molecule has 0 radical (unpaired) electrons. The third kappa shape index (κ3) is 4.24. The number of ether oxygens (including phenoxy) is 2. The van der Waals surface area contributed by atoms with Gasteiger partial charge >= 0.3 is 6.09 Å². The number of halogens is 1. The molecule has 3 aliphatic rings. The summed E-state index contributed by atoms with van der Waals surface area (Å²) in [5.74, 6) is 0.307. The lowest BCUT2D eigenvalue weighted by Gasteiger charge is -2.43. The fraction of sp³-hybridized carbons (Fsp3) is 0.367. The quantitative estimate of drug-likeness (QED) is 0.470. The fourth-order valence-corrected chi connectivity index (χ4v) is 6.38. The maximum absolute atomic E-state index is 13.2. The van der Waals surface area contributed by atoms with Gasteiger partial charge in [-0.05, 0) is 72.2 Å². The molecular formula is C30H30FNO4. The van der Waals surface area contributed by atoms with Gasteiger partial charge in [0.05, 0.1) is 12.2 Å². The highest BCUT2D eigenvalue weighted by atomic mass is 19.1. The second kappa shape index (κ2) is 9.25. The van der Waals surface area contributed by atoms with Crippen LogP contribution in [0, 0.1) is 5.82 Å². The van der Waals surface area contributed by atoms with Gasteiger partial charge in [-0.2, -0.15) is 0 Å². The van der Waals surface area contributed by atoms with Gasteiger partial charge in [0.15, 0.2) is 0 Å². The number of hydrogen-bond donors (Lipinski definition) is 1. The Kier molecular flexibility index (Phi) is 5.92. The minimum absolute atomic E-state index is 0.0318. The van der Waals surface area contributed by atoms with E-state index < -0.39 is 5.60 Å². The topological polar surface area (TPSA) is 59.0 Å². The summed E-state index contributed by atoms with van der Waals surface area (Å²) in [5.41, 5.74) is 3.93. The number of piperidine rings is 1. The Hall–Kier alpha value is -3.38. The Morgan fingerprint density at radius 2 is 1.50 bits per heavy atom. The Morgan fingerprint density at radius 1 is 0.917 bits per heavy atom. The van der Waals surface area contributed by atoms with Crippen LogP contribution in [0.1, 0.15) is 49.1 Å². The normalized spacial score (nSPS) is 24.3. The van der Waals surface area contributed by atoms with Gasteiger partial charge in [-0.1, -0.05) is 48.5 Å². The predicted molar refractivity (Wildman–Crippen MR) is 134 cm³/mol. The van der Waals surface area contributed by atoms with Gasteiger partial charge in [0.1, 0.15) is 18.2 Å². The third-order valence-corrected chi connectivity index (χ3v) is 8.05. The van der Waals surface area contributed by atoms with Crippen LogP contribution in [0.15, 0.2) is 72.8 Å². The summed E-state index contributed by atoms with van der Waals surface area (Å²) in [5, 5.41) is 11.3. The van der Waals surface area contributed by atoms with E-state index in [9.17, 15) is 14.3 Å².